The Morgan fingerprint density at radius 2 is 2.00 bits per heavy atom. The van der Waals surface area contributed by atoms with Crippen molar-refractivity contribution in [2.24, 2.45) is 10.7 Å². The van der Waals surface area contributed by atoms with Crippen molar-refractivity contribution in [3.63, 3.8) is 0 Å². The molecule has 0 aromatic heterocycles. The van der Waals surface area contributed by atoms with E-state index >= 15 is 0 Å². The minimum Gasteiger partial charge on any atom is -0.463 e. The molecule has 1 saturated heterocycles. The van der Waals surface area contributed by atoms with Crippen molar-refractivity contribution in [3.05, 3.63) is 24.3 Å². The Morgan fingerprint density at radius 1 is 1.30 bits per heavy atom. The smallest absolute Gasteiger partial charge is 0.308 e. The van der Waals surface area contributed by atoms with Gasteiger partial charge in [-0.05, 0) is 24.3 Å². The van der Waals surface area contributed by atoms with E-state index in [0.29, 0.717) is 18.4 Å². The second kappa shape index (κ2) is 6.87. The maximum absolute atomic E-state index is 10.9. The third-order valence-electron chi connectivity index (χ3n) is 4.04. The standard InChI is InChI=1S/C16H22N4O3/c1-12(21)23-15-4-2-14(3-5-15)20-8-6-19(7-9-20)10-13-11-22-16(17)18-13/h2-5,13H,6-11H2,1H3,(H2,17,18). The first-order valence-electron chi connectivity index (χ1n) is 7.82. The molecule has 1 aromatic carbocycles. The molecular weight excluding hydrogens is 296 g/mol. The molecule has 0 saturated carbocycles. The van der Waals surface area contributed by atoms with Crippen LogP contribution in [0.2, 0.25) is 0 Å². The SMILES string of the molecule is CC(=O)Oc1ccc(N2CCN(CC3COC(N)=N3)CC2)cc1. The number of carbonyl (C=O) groups is 1. The number of rotatable bonds is 4. The summed E-state index contributed by atoms with van der Waals surface area (Å²) in [5, 5.41) is 0. The lowest BCUT2D eigenvalue weighted by molar-refractivity contribution is -0.131. The maximum Gasteiger partial charge on any atom is 0.308 e. The monoisotopic (exact) mass is 318 g/mol. The Balaban J connectivity index is 1.49. The minimum atomic E-state index is -0.300. The van der Waals surface area contributed by atoms with Gasteiger partial charge in [0.15, 0.2) is 0 Å². The molecule has 1 aromatic rings. The fourth-order valence-corrected chi connectivity index (χ4v) is 2.91. The van der Waals surface area contributed by atoms with Crippen LogP contribution in [0.25, 0.3) is 0 Å². The van der Waals surface area contributed by atoms with Gasteiger partial charge in [0.05, 0.1) is 0 Å². The van der Waals surface area contributed by atoms with Gasteiger partial charge >= 0.3 is 5.97 Å². The zero-order chi connectivity index (χ0) is 16.2. The second-order valence-corrected chi connectivity index (χ2v) is 5.81. The van der Waals surface area contributed by atoms with Gasteiger partial charge in [0, 0.05) is 45.3 Å². The number of ether oxygens (including phenoxy) is 2. The molecule has 3 rings (SSSR count). The first-order chi connectivity index (χ1) is 11.1. The summed E-state index contributed by atoms with van der Waals surface area (Å²) in [7, 11) is 0. The summed E-state index contributed by atoms with van der Waals surface area (Å²) in [6, 6.07) is 8.10. The van der Waals surface area contributed by atoms with Crippen molar-refractivity contribution in [2.45, 2.75) is 13.0 Å². The molecule has 0 amide bonds. The molecule has 2 heterocycles. The van der Waals surface area contributed by atoms with Crippen LogP contribution in [0.4, 0.5) is 5.69 Å². The van der Waals surface area contributed by atoms with Crippen LogP contribution in [0.5, 0.6) is 5.75 Å². The van der Waals surface area contributed by atoms with Gasteiger partial charge in [-0.2, -0.15) is 0 Å². The number of esters is 1. The zero-order valence-corrected chi connectivity index (χ0v) is 13.3. The fraction of sp³-hybridized carbons (Fsp3) is 0.500. The molecule has 2 N–H and O–H groups in total. The summed E-state index contributed by atoms with van der Waals surface area (Å²) >= 11 is 0. The lowest BCUT2D eigenvalue weighted by atomic mass is 10.2. The van der Waals surface area contributed by atoms with Crippen LogP contribution < -0.4 is 15.4 Å². The molecular formula is C16H22N4O3. The summed E-state index contributed by atoms with van der Waals surface area (Å²) in [5.74, 6) is 0.280. The normalized spacial score (nSPS) is 21.7. The quantitative estimate of drug-likeness (QED) is 0.641. The van der Waals surface area contributed by atoms with E-state index in [1.165, 1.54) is 6.92 Å². The van der Waals surface area contributed by atoms with Crippen LogP contribution in [-0.4, -0.2) is 62.3 Å². The van der Waals surface area contributed by atoms with E-state index in [1.807, 2.05) is 24.3 Å². The van der Waals surface area contributed by atoms with Crippen molar-refractivity contribution < 1.29 is 14.3 Å². The van der Waals surface area contributed by atoms with E-state index in [1.54, 1.807) is 0 Å². The first kappa shape index (κ1) is 15.6. The molecule has 7 nitrogen and oxygen atoms in total. The van der Waals surface area contributed by atoms with Crippen LogP contribution in [0.15, 0.2) is 29.3 Å². The third kappa shape index (κ3) is 4.13. The van der Waals surface area contributed by atoms with Crippen LogP contribution >= 0.6 is 0 Å². The number of anilines is 1. The van der Waals surface area contributed by atoms with E-state index in [9.17, 15) is 4.79 Å². The van der Waals surface area contributed by atoms with E-state index in [-0.39, 0.29) is 12.0 Å². The van der Waals surface area contributed by atoms with Gasteiger partial charge < -0.3 is 20.1 Å². The van der Waals surface area contributed by atoms with Crippen LogP contribution in [-0.2, 0) is 9.53 Å². The molecule has 7 heteroatoms. The Kier molecular flexibility index (Phi) is 4.66. The molecule has 0 radical (unpaired) electrons. The molecule has 124 valence electrons. The van der Waals surface area contributed by atoms with Gasteiger partial charge in [-0.25, -0.2) is 4.99 Å². The summed E-state index contributed by atoms with van der Waals surface area (Å²) in [5.41, 5.74) is 6.69. The van der Waals surface area contributed by atoms with Gasteiger partial charge in [-0.15, -0.1) is 0 Å². The number of hydrogen-bond donors (Lipinski definition) is 1. The van der Waals surface area contributed by atoms with Gasteiger partial charge in [-0.1, -0.05) is 0 Å². The maximum atomic E-state index is 10.9. The van der Waals surface area contributed by atoms with Crippen molar-refractivity contribution in [3.8, 4) is 5.75 Å². The number of aliphatic imine (C=N–C) groups is 1. The summed E-state index contributed by atoms with van der Waals surface area (Å²) < 4.78 is 10.2. The van der Waals surface area contributed by atoms with Crippen LogP contribution in [0.1, 0.15) is 6.92 Å². The number of amidine groups is 1. The van der Waals surface area contributed by atoms with Gasteiger partial charge in [-0.3, -0.25) is 9.69 Å². The molecule has 2 aliphatic rings. The number of nitrogens with two attached hydrogens (primary N) is 1. The highest BCUT2D eigenvalue weighted by Gasteiger charge is 2.23. The summed E-state index contributed by atoms with van der Waals surface area (Å²) in [6.45, 7) is 6.76. The van der Waals surface area contributed by atoms with Crippen molar-refractivity contribution in [1.29, 1.82) is 0 Å². The van der Waals surface area contributed by atoms with E-state index in [4.69, 9.17) is 15.2 Å². The Hall–Kier alpha value is -2.28. The minimum absolute atomic E-state index is 0.157. The molecule has 0 aliphatic carbocycles. The molecule has 0 bridgehead atoms. The van der Waals surface area contributed by atoms with E-state index in [0.717, 1.165) is 38.4 Å². The lowest BCUT2D eigenvalue weighted by Crippen LogP contribution is -2.48. The third-order valence-corrected chi connectivity index (χ3v) is 4.04. The zero-order valence-electron chi connectivity index (χ0n) is 13.3. The van der Waals surface area contributed by atoms with E-state index in [2.05, 4.69) is 14.8 Å². The first-order valence-corrected chi connectivity index (χ1v) is 7.82. The number of carbonyl (C=O) groups excluding carboxylic acids is 1. The largest absolute Gasteiger partial charge is 0.463 e. The van der Waals surface area contributed by atoms with Crippen molar-refractivity contribution >= 4 is 17.7 Å². The molecule has 1 atom stereocenters. The lowest BCUT2D eigenvalue weighted by Gasteiger charge is -2.36. The van der Waals surface area contributed by atoms with Crippen molar-refractivity contribution in [1.82, 2.24) is 4.90 Å². The molecule has 0 spiro atoms. The van der Waals surface area contributed by atoms with Crippen molar-refractivity contribution in [2.75, 3.05) is 44.2 Å². The van der Waals surface area contributed by atoms with Gasteiger partial charge in [0.2, 0.25) is 0 Å². The average molecular weight is 318 g/mol. The van der Waals surface area contributed by atoms with Gasteiger partial charge in [0.25, 0.3) is 6.02 Å². The van der Waals surface area contributed by atoms with Crippen LogP contribution in [0.3, 0.4) is 0 Å². The fourth-order valence-electron chi connectivity index (χ4n) is 2.91. The topological polar surface area (TPSA) is 80.4 Å². The summed E-state index contributed by atoms with van der Waals surface area (Å²) in [4.78, 5) is 19.9. The highest BCUT2D eigenvalue weighted by atomic mass is 16.5. The average Bonchev–Trinajstić information content (AvgIpc) is 2.93. The Labute approximate surface area is 135 Å². The Morgan fingerprint density at radius 3 is 2.57 bits per heavy atom. The number of nitrogens with zero attached hydrogens (tertiary/aromatic N) is 3. The number of piperazine rings is 1. The van der Waals surface area contributed by atoms with Crippen LogP contribution in [0, 0.1) is 0 Å². The number of hydrogen-bond acceptors (Lipinski definition) is 7. The highest BCUT2D eigenvalue weighted by Crippen LogP contribution is 2.21. The Bertz CT molecular complexity index is 579. The highest BCUT2D eigenvalue weighted by molar-refractivity contribution is 5.73. The van der Waals surface area contributed by atoms with E-state index < -0.39 is 0 Å². The summed E-state index contributed by atoms with van der Waals surface area (Å²) in [6.07, 6.45) is 0. The predicted octanol–water partition coefficient (Wildman–Crippen LogP) is 0.447. The predicted molar refractivity (Wildman–Crippen MR) is 87.8 cm³/mol. The van der Waals surface area contributed by atoms with Gasteiger partial charge in [0.1, 0.15) is 18.4 Å². The molecule has 2 aliphatic heterocycles. The molecule has 23 heavy (non-hydrogen) atoms. The second-order valence-electron chi connectivity index (χ2n) is 5.81. The molecule has 1 unspecified atom stereocenters. The number of benzene rings is 1. The molecule has 1 fully saturated rings.